The van der Waals surface area contributed by atoms with E-state index in [-0.39, 0.29) is 6.04 Å². The molecule has 0 saturated carbocycles. The fraction of sp³-hybridized carbons (Fsp3) is 0.476. The summed E-state index contributed by atoms with van der Waals surface area (Å²) >= 11 is 1.79. The van der Waals surface area contributed by atoms with Gasteiger partial charge in [0.15, 0.2) is 5.96 Å². The number of nitrogens with one attached hydrogen (secondary N) is 2. The van der Waals surface area contributed by atoms with Crippen molar-refractivity contribution in [2.45, 2.75) is 44.7 Å². The molecule has 160 valence electrons. The van der Waals surface area contributed by atoms with Gasteiger partial charge in [0.2, 0.25) is 10.0 Å². The summed E-state index contributed by atoms with van der Waals surface area (Å²) < 4.78 is 26.5. The van der Waals surface area contributed by atoms with E-state index in [1.807, 2.05) is 26.0 Å². The molecule has 2 N–H and O–H groups in total. The summed E-state index contributed by atoms with van der Waals surface area (Å²) in [5.41, 5.74) is 0.991. The third-order valence-electron chi connectivity index (χ3n) is 4.76. The number of nitrogens with zero attached hydrogens (tertiary/aromatic N) is 2. The SMILES string of the molecule is CN=C(NCc1ccc(S(=O)(=O)N(C)C(C)C)cc1)NCC(C)Cc1cccs1. The molecule has 1 heterocycles. The number of sulfonamides is 1. The molecule has 0 spiro atoms. The molecule has 0 aliphatic rings. The smallest absolute Gasteiger partial charge is 0.243 e. The molecule has 1 aromatic carbocycles. The number of thiophene rings is 1. The van der Waals surface area contributed by atoms with Crippen molar-refractivity contribution in [2.75, 3.05) is 20.6 Å². The number of rotatable bonds is 9. The Morgan fingerprint density at radius 1 is 1.14 bits per heavy atom. The molecule has 0 bridgehead atoms. The lowest BCUT2D eigenvalue weighted by atomic mass is 10.1. The Bertz CT molecular complexity index is 876. The molecule has 6 nitrogen and oxygen atoms in total. The van der Waals surface area contributed by atoms with Gasteiger partial charge in [-0.2, -0.15) is 4.31 Å². The molecular weight excluding hydrogens is 404 g/mol. The van der Waals surface area contributed by atoms with Gasteiger partial charge in [0, 0.05) is 38.1 Å². The van der Waals surface area contributed by atoms with Crippen LogP contribution in [0.2, 0.25) is 0 Å². The maximum absolute atomic E-state index is 12.5. The van der Waals surface area contributed by atoms with E-state index >= 15 is 0 Å². The van der Waals surface area contributed by atoms with Crippen molar-refractivity contribution in [3.05, 3.63) is 52.2 Å². The van der Waals surface area contributed by atoms with E-state index in [1.165, 1.54) is 9.18 Å². The molecule has 2 rings (SSSR count). The molecule has 0 fully saturated rings. The lowest BCUT2D eigenvalue weighted by molar-refractivity contribution is 0.410. The predicted molar refractivity (Wildman–Crippen MR) is 122 cm³/mol. The van der Waals surface area contributed by atoms with Crippen LogP contribution in [0.25, 0.3) is 0 Å². The first-order chi connectivity index (χ1) is 13.7. The zero-order chi connectivity index (χ0) is 21.4. The van der Waals surface area contributed by atoms with E-state index in [4.69, 9.17) is 0 Å². The highest BCUT2D eigenvalue weighted by Gasteiger charge is 2.22. The van der Waals surface area contributed by atoms with Crippen LogP contribution in [0.15, 0.2) is 51.7 Å². The first-order valence-electron chi connectivity index (χ1n) is 9.78. The van der Waals surface area contributed by atoms with Crippen molar-refractivity contribution < 1.29 is 8.42 Å². The molecule has 1 atom stereocenters. The standard InChI is InChI=1S/C21H32N4O2S2/c1-16(2)25(5)29(26,27)20-10-8-18(9-11-20)15-24-21(22-4)23-14-17(3)13-19-7-6-12-28-19/h6-12,16-17H,13-15H2,1-5H3,(H2,22,23,24). The summed E-state index contributed by atoms with van der Waals surface area (Å²) in [6, 6.07) is 11.1. The lowest BCUT2D eigenvalue weighted by Gasteiger charge is -2.21. The van der Waals surface area contributed by atoms with Crippen LogP contribution in [0.3, 0.4) is 0 Å². The summed E-state index contributed by atoms with van der Waals surface area (Å²) in [6.45, 7) is 7.33. The average Bonchev–Trinajstić information content (AvgIpc) is 3.20. The minimum Gasteiger partial charge on any atom is -0.356 e. The number of benzene rings is 1. The highest BCUT2D eigenvalue weighted by molar-refractivity contribution is 7.89. The number of hydrogen-bond donors (Lipinski definition) is 2. The molecule has 0 saturated heterocycles. The molecule has 2 aromatic rings. The molecule has 8 heteroatoms. The minimum absolute atomic E-state index is 0.0852. The van der Waals surface area contributed by atoms with E-state index in [0.717, 1.165) is 24.5 Å². The second-order valence-electron chi connectivity index (χ2n) is 7.45. The van der Waals surface area contributed by atoms with Crippen LogP contribution in [0.5, 0.6) is 0 Å². The second-order valence-corrected chi connectivity index (χ2v) is 10.5. The van der Waals surface area contributed by atoms with Crippen molar-refractivity contribution in [1.29, 1.82) is 0 Å². The summed E-state index contributed by atoms with van der Waals surface area (Å²) in [6.07, 6.45) is 1.04. The van der Waals surface area contributed by atoms with Crippen LogP contribution in [0, 0.1) is 5.92 Å². The van der Waals surface area contributed by atoms with Crippen LogP contribution >= 0.6 is 11.3 Å². The third-order valence-corrected chi connectivity index (χ3v) is 7.71. The van der Waals surface area contributed by atoms with Crippen molar-refractivity contribution >= 4 is 27.3 Å². The van der Waals surface area contributed by atoms with Crippen molar-refractivity contribution in [3.63, 3.8) is 0 Å². The quantitative estimate of drug-likeness (QED) is 0.467. The Balaban J connectivity index is 1.86. The van der Waals surface area contributed by atoms with E-state index in [0.29, 0.717) is 17.4 Å². The van der Waals surface area contributed by atoms with Crippen LogP contribution in [-0.2, 0) is 23.0 Å². The minimum atomic E-state index is -3.45. The Kier molecular flexibility index (Phi) is 8.67. The van der Waals surface area contributed by atoms with E-state index < -0.39 is 10.0 Å². The predicted octanol–water partition coefficient (Wildman–Crippen LogP) is 3.32. The summed E-state index contributed by atoms with van der Waals surface area (Å²) in [5, 5.41) is 8.74. The van der Waals surface area contributed by atoms with E-state index in [9.17, 15) is 8.42 Å². The normalized spacial score (nSPS) is 13.7. The zero-order valence-corrected chi connectivity index (χ0v) is 19.5. The maximum Gasteiger partial charge on any atom is 0.243 e. The number of aliphatic imine (C=N–C) groups is 1. The molecule has 0 aliphatic carbocycles. The molecular formula is C21H32N4O2S2. The van der Waals surface area contributed by atoms with Gasteiger partial charge in [0.25, 0.3) is 0 Å². The largest absolute Gasteiger partial charge is 0.356 e. The van der Waals surface area contributed by atoms with E-state index in [1.54, 1.807) is 37.6 Å². The van der Waals surface area contributed by atoms with Gasteiger partial charge < -0.3 is 10.6 Å². The van der Waals surface area contributed by atoms with Gasteiger partial charge >= 0.3 is 0 Å². The van der Waals surface area contributed by atoms with Gasteiger partial charge in [0.05, 0.1) is 4.90 Å². The van der Waals surface area contributed by atoms with Crippen molar-refractivity contribution in [3.8, 4) is 0 Å². The Morgan fingerprint density at radius 3 is 2.38 bits per heavy atom. The fourth-order valence-electron chi connectivity index (χ4n) is 2.74. The highest BCUT2D eigenvalue weighted by Crippen LogP contribution is 2.17. The van der Waals surface area contributed by atoms with Gasteiger partial charge in [-0.3, -0.25) is 4.99 Å². The van der Waals surface area contributed by atoms with E-state index in [2.05, 4.69) is 40.1 Å². The third kappa shape index (κ3) is 6.83. The van der Waals surface area contributed by atoms with Gasteiger partial charge in [-0.1, -0.05) is 25.1 Å². The van der Waals surface area contributed by atoms with Crippen LogP contribution in [-0.4, -0.2) is 45.4 Å². The first kappa shape index (κ1) is 23.4. The molecule has 1 aromatic heterocycles. The molecule has 0 radical (unpaired) electrons. The van der Waals surface area contributed by atoms with Crippen LogP contribution in [0.4, 0.5) is 0 Å². The zero-order valence-electron chi connectivity index (χ0n) is 17.8. The monoisotopic (exact) mass is 436 g/mol. The van der Waals surface area contributed by atoms with Crippen molar-refractivity contribution in [2.24, 2.45) is 10.9 Å². The number of hydrogen-bond acceptors (Lipinski definition) is 4. The maximum atomic E-state index is 12.5. The topological polar surface area (TPSA) is 73.8 Å². The van der Waals surface area contributed by atoms with Gasteiger partial charge in [-0.05, 0) is 55.3 Å². The highest BCUT2D eigenvalue weighted by atomic mass is 32.2. The molecule has 29 heavy (non-hydrogen) atoms. The summed E-state index contributed by atoms with van der Waals surface area (Å²) in [5.74, 6) is 1.23. The summed E-state index contributed by atoms with van der Waals surface area (Å²) in [7, 11) is -0.105. The second kappa shape index (κ2) is 10.8. The lowest BCUT2D eigenvalue weighted by Crippen LogP contribution is -2.39. The molecule has 0 aliphatic heterocycles. The van der Waals surface area contributed by atoms with Gasteiger partial charge in [-0.25, -0.2) is 8.42 Å². The summed E-state index contributed by atoms with van der Waals surface area (Å²) in [4.78, 5) is 5.96. The molecule has 0 amide bonds. The van der Waals surface area contributed by atoms with Gasteiger partial charge in [0.1, 0.15) is 0 Å². The van der Waals surface area contributed by atoms with Crippen molar-refractivity contribution in [1.82, 2.24) is 14.9 Å². The number of guanidine groups is 1. The Hall–Kier alpha value is -1.90. The van der Waals surface area contributed by atoms with Crippen LogP contribution in [0.1, 0.15) is 31.2 Å². The van der Waals surface area contributed by atoms with Crippen LogP contribution < -0.4 is 10.6 Å². The van der Waals surface area contributed by atoms with Gasteiger partial charge in [-0.15, -0.1) is 11.3 Å². The molecule has 1 unspecified atom stereocenters. The average molecular weight is 437 g/mol. The first-order valence-corrected chi connectivity index (χ1v) is 12.1. The Labute approximate surface area is 179 Å². The Morgan fingerprint density at radius 2 is 1.83 bits per heavy atom. The fourth-order valence-corrected chi connectivity index (χ4v) is 4.98.